The van der Waals surface area contributed by atoms with Crippen molar-refractivity contribution in [2.75, 3.05) is 10.8 Å². The lowest BCUT2D eigenvalue weighted by atomic mass is 10.1. The molecule has 0 spiro atoms. The molecule has 0 saturated heterocycles. The molecular weight excluding hydrogens is 420 g/mol. The van der Waals surface area contributed by atoms with Gasteiger partial charge >= 0.3 is 0 Å². The summed E-state index contributed by atoms with van der Waals surface area (Å²) in [6, 6.07) is 20.9. The SMILES string of the molecule is C[C@@H](NC(=O)c1ccc2c(c1)CCN2S(=O)(=O)c1ccc(Cl)cc1)c1ccccc1. The number of nitrogens with one attached hydrogen (secondary N) is 1. The van der Waals surface area contributed by atoms with Crippen molar-refractivity contribution in [1.29, 1.82) is 0 Å². The van der Waals surface area contributed by atoms with E-state index in [1.807, 2.05) is 37.3 Å². The Balaban J connectivity index is 1.55. The predicted octanol–water partition coefficient (Wildman–Crippen LogP) is 4.58. The minimum atomic E-state index is -3.68. The Labute approximate surface area is 181 Å². The van der Waals surface area contributed by atoms with Crippen molar-refractivity contribution in [2.45, 2.75) is 24.3 Å². The lowest BCUT2D eigenvalue weighted by Crippen LogP contribution is -2.29. The molecular formula is C23H21ClN2O3S. The fraction of sp³-hybridized carbons (Fsp3) is 0.174. The topological polar surface area (TPSA) is 66.5 Å². The molecule has 5 nitrogen and oxygen atoms in total. The molecule has 7 heteroatoms. The van der Waals surface area contributed by atoms with Crippen LogP contribution in [-0.2, 0) is 16.4 Å². The molecule has 1 amide bonds. The van der Waals surface area contributed by atoms with Crippen LogP contribution in [0.1, 0.15) is 34.5 Å². The van der Waals surface area contributed by atoms with Gasteiger partial charge < -0.3 is 5.32 Å². The van der Waals surface area contributed by atoms with E-state index >= 15 is 0 Å². The number of hydrogen-bond donors (Lipinski definition) is 1. The smallest absolute Gasteiger partial charge is 0.264 e. The quantitative estimate of drug-likeness (QED) is 0.631. The van der Waals surface area contributed by atoms with Crippen molar-refractivity contribution in [2.24, 2.45) is 0 Å². The van der Waals surface area contributed by atoms with Crippen LogP contribution in [0.5, 0.6) is 0 Å². The van der Waals surface area contributed by atoms with Crippen LogP contribution in [0.4, 0.5) is 5.69 Å². The number of benzene rings is 3. The second-order valence-corrected chi connectivity index (χ2v) is 9.53. The minimum Gasteiger partial charge on any atom is -0.346 e. The molecule has 4 rings (SSSR count). The van der Waals surface area contributed by atoms with Crippen molar-refractivity contribution < 1.29 is 13.2 Å². The Hall–Kier alpha value is -2.83. The number of nitrogens with zero attached hydrogens (tertiary/aromatic N) is 1. The van der Waals surface area contributed by atoms with Crippen LogP contribution in [0.2, 0.25) is 5.02 Å². The summed E-state index contributed by atoms with van der Waals surface area (Å²) in [6.45, 7) is 2.27. The number of carbonyl (C=O) groups is 1. The number of fused-ring (bicyclic) bond motifs is 1. The van der Waals surface area contributed by atoms with Gasteiger partial charge in [0, 0.05) is 17.1 Å². The van der Waals surface area contributed by atoms with Crippen LogP contribution in [0.15, 0.2) is 77.7 Å². The molecule has 3 aromatic rings. The highest BCUT2D eigenvalue weighted by Crippen LogP contribution is 2.34. The summed E-state index contributed by atoms with van der Waals surface area (Å²) in [7, 11) is -3.68. The minimum absolute atomic E-state index is 0.131. The van der Waals surface area contributed by atoms with E-state index in [0.717, 1.165) is 11.1 Å². The summed E-state index contributed by atoms with van der Waals surface area (Å²) in [5.74, 6) is -0.187. The molecule has 0 unspecified atom stereocenters. The number of hydrogen-bond acceptors (Lipinski definition) is 3. The first-order valence-corrected chi connectivity index (χ1v) is 11.4. The third-order valence-electron chi connectivity index (χ3n) is 5.24. The Morgan fingerprint density at radius 3 is 2.43 bits per heavy atom. The fourth-order valence-corrected chi connectivity index (χ4v) is 5.23. The van der Waals surface area contributed by atoms with Gasteiger partial charge in [0.1, 0.15) is 0 Å². The van der Waals surface area contributed by atoms with Crippen molar-refractivity contribution >= 4 is 33.2 Å². The maximum atomic E-state index is 13.0. The van der Waals surface area contributed by atoms with E-state index in [9.17, 15) is 13.2 Å². The highest BCUT2D eigenvalue weighted by Gasteiger charge is 2.31. The van der Waals surface area contributed by atoms with Crippen LogP contribution in [0, 0.1) is 0 Å². The zero-order valence-electron chi connectivity index (χ0n) is 16.4. The second-order valence-electron chi connectivity index (χ2n) is 7.23. The molecule has 154 valence electrons. The van der Waals surface area contributed by atoms with Crippen LogP contribution in [-0.4, -0.2) is 20.9 Å². The van der Waals surface area contributed by atoms with Crippen LogP contribution >= 0.6 is 11.6 Å². The molecule has 0 bridgehead atoms. The van der Waals surface area contributed by atoms with Crippen LogP contribution < -0.4 is 9.62 Å². The summed E-state index contributed by atoms with van der Waals surface area (Å²) in [5, 5.41) is 3.48. The van der Waals surface area contributed by atoms with E-state index in [-0.39, 0.29) is 16.8 Å². The van der Waals surface area contributed by atoms with Gasteiger partial charge in [0.25, 0.3) is 15.9 Å². The van der Waals surface area contributed by atoms with E-state index in [1.54, 1.807) is 30.3 Å². The van der Waals surface area contributed by atoms with E-state index in [4.69, 9.17) is 11.6 Å². The molecule has 0 aliphatic carbocycles. The van der Waals surface area contributed by atoms with E-state index in [2.05, 4.69) is 5.32 Å². The highest BCUT2D eigenvalue weighted by atomic mass is 35.5. The van der Waals surface area contributed by atoms with Gasteiger partial charge in [-0.3, -0.25) is 9.10 Å². The fourth-order valence-electron chi connectivity index (χ4n) is 3.60. The summed E-state index contributed by atoms with van der Waals surface area (Å²) in [6.07, 6.45) is 0.553. The predicted molar refractivity (Wildman–Crippen MR) is 118 cm³/mol. The number of halogens is 1. The van der Waals surface area contributed by atoms with Crippen LogP contribution in [0.25, 0.3) is 0 Å². The monoisotopic (exact) mass is 440 g/mol. The third-order valence-corrected chi connectivity index (χ3v) is 7.32. The summed E-state index contributed by atoms with van der Waals surface area (Å²) in [4.78, 5) is 12.9. The van der Waals surface area contributed by atoms with Crippen molar-refractivity contribution in [1.82, 2.24) is 5.32 Å². The van der Waals surface area contributed by atoms with Gasteiger partial charge in [-0.2, -0.15) is 0 Å². The number of sulfonamides is 1. The molecule has 30 heavy (non-hydrogen) atoms. The van der Waals surface area contributed by atoms with Gasteiger partial charge in [-0.1, -0.05) is 41.9 Å². The zero-order valence-corrected chi connectivity index (χ0v) is 18.0. The Morgan fingerprint density at radius 2 is 1.73 bits per heavy atom. The molecule has 1 aliphatic heterocycles. The largest absolute Gasteiger partial charge is 0.346 e. The summed E-state index contributed by atoms with van der Waals surface area (Å²) < 4.78 is 27.5. The average molecular weight is 441 g/mol. The average Bonchev–Trinajstić information content (AvgIpc) is 3.18. The lowest BCUT2D eigenvalue weighted by Gasteiger charge is -2.20. The van der Waals surface area contributed by atoms with Crippen molar-refractivity contribution in [3.63, 3.8) is 0 Å². The number of amides is 1. The Bertz CT molecular complexity index is 1180. The van der Waals surface area contributed by atoms with E-state index in [1.165, 1.54) is 16.4 Å². The zero-order chi connectivity index (χ0) is 21.3. The third kappa shape index (κ3) is 3.93. The summed E-state index contributed by atoms with van der Waals surface area (Å²) in [5.41, 5.74) is 2.99. The first-order chi connectivity index (χ1) is 14.4. The van der Waals surface area contributed by atoms with E-state index in [0.29, 0.717) is 29.2 Å². The van der Waals surface area contributed by atoms with Crippen molar-refractivity contribution in [3.05, 3.63) is 94.5 Å². The van der Waals surface area contributed by atoms with Gasteiger partial charge in [-0.05, 0) is 66.9 Å². The maximum absolute atomic E-state index is 13.0. The number of rotatable bonds is 5. The molecule has 1 atom stereocenters. The standard InChI is InChI=1S/C23H21ClN2O3S/c1-16(17-5-3-2-4-6-17)25-23(27)19-7-12-22-18(15-19)13-14-26(22)30(28,29)21-10-8-20(24)9-11-21/h2-12,15-16H,13-14H2,1H3,(H,25,27)/t16-/m1/s1. The normalized spacial score (nSPS) is 14.3. The van der Waals surface area contributed by atoms with Gasteiger partial charge in [0.15, 0.2) is 0 Å². The van der Waals surface area contributed by atoms with Crippen LogP contribution in [0.3, 0.4) is 0 Å². The Morgan fingerprint density at radius 1 is 1.03 bits per heavy atom. The maximum Gasteiger partial charge on any atom is 0.264 e. The van der Waals surface area contributed by atoms with Gasteiger partial charge in [-0.15, -0.1) is 0 Å². The molecule has 1 N–H and O–H groups in total. The van der Waals surface area contributed by atoms with Gasteiger partial charge in [-0.25, -0.2) is 8.42 Å². The van der Waals surface area contributed by atoms with Gasteiger partial charge in [0.2, 0.25) is 0 Å². The molecule has 3 aromatic carbocycles. The molecule has 0 fully saturated rings. The molecule has 1 heterocycles. The number of anilines is 1. The van der Waals surface area contributed by atoms with Gasteiger partial charge in [0.05, 0.1) is 16.6 Å². The van der Waals surface area contributed by atoms with E-state index < -0.39 is 10.0 Å². The first kappa shape index (κ1) is 20.4. The lowest BCUT2D eigenvalue weighted by molar-refractivity contribution is 0.0940. The number of carbonyl (C=O) groups excluding carboxylic acids is 1. The Kier molecular flexibility index (Phi) is 5.54. The molecule has 0 aromatic heterocycles. The highest BCUT2D eigenvalue weighted by molar-refractivity contribution is 7.92. The molecule has 1 aliphatic rings. The molecule has 0 saturated carbocycles. The van der Waals surface area contributed by atoms with Crippen molar-refractivity contribution in [3.8, 4) is 0 Å². The first-order valence-electron chi connectivity index (χ1n) is 9.63. The second kappa shape index (κ2) is 8.13. The molecule has 0 radical (unpaired) electrons. The summed E-state index contributed by atoms with van der Waals surface area (Å²) >= 11 is 5.88.